The van der Waals surface area contributed by atoms with Crippen molar-refractivity contribution in [3.05, 3.63) is 50.9 Å². The minimum atomic E-state index is -0.395. The normalized spacial score (nSPS) is 15.8. The van der Waals surface area contributed by atoms with Crippen LogP contribution >= 0.6 is 35.2 Å². The van der Waals surface area contributed by atoms with Crippen molar-refractivity contribution >= 4 is 57.1 Å². The van der Waals surface area contributed by atoms with Gasteiger partial charge in [0.05, 0.1) is 12.7 Å². The molecule has 0 saturated heterocycles. The van der Waals surface area contributed by atoms with Crippen LogP contribution in [-0.4, -0.2) is 24.1 Å². The minimum absolute atomic E-state index is 0.121. The van der Waals surface area contributed by atoms with Gasteiger partial charge in [-0.15, -0.1) is 11.3 Å². The molecule has 1 aliphatic rings. The topological polar surface area (TPSA) is 67.4 Å². The maximum Gasteiger partial charge on any atom is 0.341 e. The predicted molar refractivity (Wildman–Crippen MR) is 126 cm³/mol. The third-order valence-corrected chi connectivity index (χ3v) is 7.03. The van der Waals surface area contributed by atoms with Gasteiger partial charge < -0.3 is 10.1 Å². The highest BCUT2D eigenvalue weighted by atomic mass is 35.5. The Labute approximate surface area is 191 Å². The molecular formula is C22H25ClN2O3S2. The van der Waals surface area contributed by atoms with Gasteiger partial charge in [-0.2, -0.15) is 0 Å². The number of anilines is 1. The van der Waals surface area contributed by atoms with Crippen molar-refractivity contribution in [3.8, 4) is 0 Å². The van der Waals surface area contributed by atoms with Crippen molar-refractivity contribution in [2.24, 2.45) is 11.3 Å². The van der Waals surface area contributed by atoms with Crippen LogP contribution in [0.5, 0.6) is 0 Å². The molecule has 1 aromatic carbocycles. The molecule has 30 heavy (non-hydrogen) atoms. The molecule has 160 valence electrons. The Morgan fingerprint density at radius 3 is 2.67 bits per heavy atom. The standard InChI is InChI=1S/C22H25ClN2O3S2/c1-22(2,3)13-8-9-15-16(11-13)30-19(17(15)20(27)28-4)25-21(29)24-18(26)12-6-5-7-14(23)10-12/h5-7,10,13H,8-9,11H2,1-4H3,(H2,24,25,26,29). The lowest BCUT2D eigenvalue weighted by atomic mass is 9.72. The van der Waals surface area contributed by atoms with Gasteiger partial charge in [0, 0.05) is 15.5 Å². The van der Waals surface area contributed by atoms with Gasteiger partial charge in [-0.1, -0.05) is 38.4 Å². The second-order valence-electron chi connectivity index (χ2n) is 8.42. The monoisotopic (exact) mass is 464 g/mol. The Balaban J connectivity index is 1.81. The molecule has 0 radical (unpaired) electrons. The number of thiocarbonyl (C=S) groups is 1. The van der Waals surface area contributed by atoms with Gasteiger partial charge in [0.1, 0.15) is 5.00 Å². The molecule has 1 aromatic heterocycles. The van der Waals surface area contributed by atoms with Gasteiger partial charge >= 0.3 is 5.97 Å². The fourth-order valence-electron chi connectivity index (χ4n) is 3.67. The van der Waals surface area contributed by atoms with Gasteiger partial charge in [0.2, 0.25) is 0 Å². The molecule has 0 aliphatic heterocycles. The Kier molecular flexibility index (Phi) is 6.84. The maximum atomic E-state index is 12.5. The molecule has 0 fully saturated rings. The molecule has 5 nitrogen and oxygen atoms in total. The quantitative estimate of drug-likeness (QED) is 0.466. The number of rotatable bonds is 3. The Bertz CT molecular complexity index is 995. The Morgan fingerprint density at radius 2 is 2.03 bits per heavy atom. The number of nitrogens with one attached hydrogen (secondary N) is 2. The molecule has 1 atom stereocenters. The van der Waals surface area contributed by atoms with E-state index in [-0.39, 0.29) is 16.4 Å². The van der Waals surface area contributed by atoms with E-state index in [4.69, 9.17) is 28.6 Å². The van der Waals surface area contributed by atoms with Crippen molar-refractivity contribution < 1.29 is 14.3 Å². The van der Waals surface area contributed by atoms with Gasteiger partial charge in [0.15, 0.2) is 5.11 Å². The first-order valence-electron chi connectivity index (χ1n) is 9.71. The van der Waals surface area contributed by atoms with E-state index in [1.54, 1.807) is 24.3 Å². The number of hydrogen-bond acceptors (Lipinski definition) is 5. The fraction of sp³-hybridized carbons (Fsp3) is 0.409. The van der Waals surface area contributed by atoms with Crippen LogP contribution in [0.25, 0.3) is 0 Å². The number of esters is 1. The fourth-order valence-corrected chi connectivity index (χ4v) is 5.44. The van der Waals surface area contributed by atoms with Crippen molar-refractivity contribution in [3.63, 3.8) is 0 Å². The number of carbonyl (C=O) groups is 2. The second kappa shape index (κ2) is 9.04. The number of halogens is 1. The van der Waals surface area contributed by atoms with Gasteiger partial charge in [0.25, 0.3) is 5.91 Å². The molecule has 3 rings (SSSR count). The van der Waals surface area contributed by atoms with Crippen LogP contribution in [-0.2, 0) is 17.6 Å². The molecule has 8 heteroatoms. The lowest BCUT2D eigenvalue weighted by Gasteiger charge is -2.33. The van der Waals surface area contributed by atoms with Crippen LogP contribution in [0.15, 0.2) is 24.3 Å². The van der Waals surface area contributed by atoms with Gasteiger partial charge in [-0.25, -0.2) is 4.79 Å². The number of amides is 1. The number of methoxy groups -OCH3 is 1. The zero-order valence-corrected chi connectivity index (χ0v) is 19.8. The molecule has 0 spiro atoms. The SMILES string of the molecule is COC(=O)c1c(NC(=S)NC(=O)c2cccc(Cl)c2)sc2c1CCC(C(C)(C)C)C2. The van der Waals surface area contributed by atoms with Crippen LogP contribution < -0.4 is 10.6 Å². The minimum Gasteiger partial charge on any atom is -0.465 e. The third-order valence-electron chi connectivity index (χ3n) is 5.42. The molecule has 1 unspecified atom stereocenters. The van der Waals surface area contributed by atoms with Crippen LogP contribution in [0.4, 0.5) is 5.00 Å². The average Bonchev–Trinajstić information content (AvgIpc) is 3.03. The van der Waals surface area contributed by atoms with E-state index in [9.17, 15) is 9.59 Å². The summed E-state index contributed by atoms with van der Waals surface area (Å²) >= 11 is 12.8. The lowest BCUT2D eigenvalue weighted by Crippen LogP contribution is -2.34. The largest absolute Gasteiger partial charge is 0.465 e. The molecule has 1 amide bonds. The van der Waals surface area contributed by atoms with E-state index in [0.717, 1.165) is 24.8 Å². The van der Waals surface area contributed by atoms with Crippen molar-refractivity contribution in [2.45, 2.75) is 40.0 Å². The van der Waals surface area contributed by atoms with Gasteiger partial charge in [-0.3, -0.25) is 10.1 Å². The first kappa shape index (κ1) is 22.7. The zero-order valence-electron chi connectivity index (χ0n) is 17.4. The summed E-state index contributed by atoms with van der Waals surface area (Å²) in [5.74, 6) is -0.228. The first-order valence-corrected chi connectivity index (χ1v) is 11.3. The van der Waals surface area contributed by atoms with E-state index in [2.05, 4.69) is 31.4 Å². The number of ether oxygens (including phenoxy) is 1. The number of thiophene rings is 1. The van der Waals surface area contributed by atoms with Gasteiger partial charge in [-0.05, 0) is 66.6 Å². The summed E-state index contributed by atoms with van der Waals surface area (Å²) in [6, 6.07) is 6.61. The highest BCUT2D eigenvalue weighted by Crippen LogP contribution is 2.44. The smallest absolute Gasteiger partial charge is 0.341 e. The van der Waals surface area contributed by atoms with Crippen LogP contribution in [0, 0.1) is 11.3 Å². The molecule has 1 heterocycles. The summed E-state index contributed by atoms with van der Waals surface area (Å²) in [5, 5.41) is 6.88. The Hall–Kier alpha value is -1.96. The summed E-state index contributed by atoms with van der Waals surface area (Å²) in [5.41, 5.74) is 2.14. The number of hydrogen-bond donors (Lipinski definition) is 2. The number of carbonyl (C=O) groups excluding carboxylic acids is 2. The summed E-state index contributed by atoms with van der Waals surface area (Å²) < 4.78 is 5.02. The summed E-state index contributed by atoms with van der Waals surface area (Å²) in [4.78, 5) is 26.1. The highest BCUT2D eigenvalue weighted by Gasteiger charge is 2.34. The molecule has 0 bridgehead atoms. The average molecular weight is 465 g/mol. The molecular weight excluding hydrogens is 440 g/mol. The molecule has 2 N–H and O–H groups in total. The second-order valence-corrected chi connectivity index (χ2v) is 10.4. The predicted octanol–water partition coefficient (Wildman–Crippen LogP) is 5.47. The van der Waals surface area contributed by atoms with Crippen LogP contribution in [0.1, 0.15) is 58.3 Å². The van der Waals surface area contributed by atoms with E-state index in [1.165, 1.54) is 23.3 Å². The van der Waals surface area contributed by atoms with E-state index in [0.29, 0.717) is 27.1 Å². The summed E-state index contributed by atoms with van der Waals surface area (Å²) in [7, 11) is 1.37. The number of fused-ring (bicyclic) bond motifs is 1. The maximum absolute atomic E-state index is 12.5. The highest BCUT2D eigenvalue weighted by molar-refractivity contribution is 7.80. The van der Waals surface area contributed by atoms with Crippen LogP contribution in [0.2, 0.25) is 5.02 Å². The van der Waals surface area contributed by atoms with E-state index >= 15 is 0 Å². The molecule has 1 aliphatic carbocycles. The van der Waals surface area contributed by atoms with Crippen molar-refractivity contribution in [2.75, 3.05) is 12.4 Å². The lowest BCUT2D eigenvalue weighted by molar-refractivity contribution is 0.0600. The summed E-state index contributed by atoms with van der Waals surface area (Å²) in [6.45, 7) is 6.74. The zero-order chi connectivity index (χ0) is 22.1. The number of benzene rings is 1. The Morgan fingerprint density at radius 1 is 1.30 bits per heavy atom. The van der Waals surface area contributed by atoms with Crippen molar-refractivity contribution in [1.82, 2.24) is 5.32 Å². The summed E-state index contributed by atoms with van der Waals surface area (Å²) in [6.07, 6.45) is 2.75. The molecule has 2 aromatic rings. The third kappa shape index (κ3) is 5.02. The first-order chi connectivity index (χ1) is 14.1. The molecule has 0 saturated carbocycles. The van der Waals surface area contributed by atoms with E-state index in [1.807, 2.05) is 0 Å². The van der Waals surface area contributed by atoms with Crippen molar-refractivity contribution in [1.29, 1.82) is 0 Å². The van der Waals surface area contributed by atoms with Crippen LogP contribution in [0.3, 0.4) is 0 Å². The van der Waals surface area contributed by atoms with E-state index < -0.39 is 5.97 Å².